The molecule has 1 N–H and O–H groups in total. The Balaban J connectivity index is 1.84. The molecule has 1 aromatic heterocycles. The Labute approximate surface area is 156 Å². The van der Waals surface area contributed by atoms with Crippen LogP contribution >= 0.6 is 0 Å². The summed E-state index contributed by atoms with van der Waals surface area (Å²) in [7, 11) is -2.09. The summed E-state index contributed by atoms with van der Waals surface area (Å²) in [6.07, 6.45) is 1.35. The number of carbonyl (C=O) groups excluding carboxylic acids is 1. The van der Waals surface area contributed by atoms with Gasteiger partial charge in [0.2, 0.25) is 0 Å². The molecule has 0 saturated carbocycles. The standard InChI is InChI=1S/C18H20F2N2O4S/c1-11-13(19)4-5-14(16(11)20)21-17(23)15-6-12(7-22(15)3)27(24,25)10-18(2)8-26-9-18/h4-7H,8-10H2,1-3H3,(H,21,23). The number of amides is 1. The molecule has 3 rings (SSSR count). The molecule has 1 aliphatic heterocycles. The number of nitrogens with zero attached hydrogens (tertiary/aromatic N) is 1. The summed E-state index contributed by atoms with van der Waals surface area (Å²) in [5, 5.41) is 2.35. The predicted molar refractivity (Wildman–Crippen MR) is 95.4 cm³/mol. The van der Waals surface area contributed by atoms with Gasteiger partial charge in [-0.2, -0.15) is 0 Å². The first-order valence-electron chi connectivity index (χ1n) is 8.25. The van der Waals surface area contributed by atoms with Crippen LogP contribution in [0.2, 0.25) is 0 Å². The summed E-state index contributed by atoms with van der Waals surface area (Å²) in [6, 6.07) is 3.42. The maximum absolute atomic E-state index is 14.1. The van der Waals surface area contributed by atoms with Crippen molar-refractivity contribution in [2.45, 2.75) is 18.7 Å². The Hall–Kier alpha value is -2.26. The second kappa shape index (κ2) is 6.72. The number of anilines is 1. The van der Waals surface area contributed by atoms with E-state index < -0.39 is 32.8 Å². The number of aromatic nitrogens is 1. The Kier molecular flexibility index (Phi) is 4.85. The van der Waals surface area contributed by atoms with Gasteiger partial charge in [-0.3, -0.25) is 4.79 Å². The van der Waals surface area contributed by atoms with Gasteiger partial charge in [0.05, 0.1) is 29.5 Å². The van der Waals surface area contributed by atoms with E-state index in [0.717, 1.165) is 12.1 Å². The molecule has 0 aliphatic carbocycles. The average Bonchev–Trinajstić information content (AvgIpc) is 2.96. The molecular formula is C18H20F2N2O4S. The van der Waals surface area contributed by atoms with Gasteiger partial charge < -0.3 is 14.6 Å². The molecule has 0 atom stereocenters. The van der Waals surface area contributed by atoms with Gasteiger partial charge in [-0.1, -0.05) is 6.92 Å². The number of sulfone groups is 1. The van der Waals surface area contributed by atoms with Crippen molar-refractivity contribution in [1.82, 2.24) is 4.57 Å². The maximum Gasteiger partial charge on any atom is 0.272 e. The van der Waals surface area contributed by atoms with Crippen molar-refractivity contribution in [3.05, 3.63) is 47.3 Å². The summed E-state index contributed by atoms with van der Waals surface area (Å²) >= 11 is 0. The molecule has 1 aliphatic rings. The fraction of sp³-hybridized carbons (Fsp3) is 0.389. The fourth-order valence-electron chi connectivity index (χ4n) is 2.95. The van der Waals surface area contributed by atoms with Crippen molar-refractivity contribution < 1.29 is 26.7 Å². The average molecular weight is 398 g/mol. The van der Waals surface area contributed by atoms with Gasteiger partial charge in [-0.15, -0.1) is 0 Å². The molecule has 6 nitrogen and oxygen atoms in total. The minimum absolute atomic E-state index is 0.0130. The zero-order chi connectivity index (χ0) is 20.0. The minimum Gasteiger partial charge on any atom is -0.380 e. The third-order valence-corrected chi connectivity index (χ3v) is 6.60. The van der Waals surface area contributed by atoms with Crippen molar-refractivity contribution in [2.75, 3.05) is 24.3 Å². The molecule has 27 heavy (non-hydrogen) atoms. The molecular weight excluding hydrogens is 378 g/mol. The summed E-state index contributed by atoms with van der Waals surface area (Å²) in [6.45, 7) is 3.83. The highest BCUT2D eigenvalue weighted by Crippen LogP contribution is 2.31. The van der Waals surface area contributed by atoms with Crippen LogP contribution in [0.25, 0.3) is 0 Å². The van der Waals surface area contributed by atoms with E-state index in [-0.39, 0.29) is 27.6 Å². The number of benzene rings is 1. The van der Waals surface area contributed by atoms with Crippen LogP contribution in [0.5, 0.6) is 0 Å². The van der Waals surface area contributed by atoms with Crippen LogP contribution in [0.1, 0.15) is 23.0 Å². The van der Waals surface area contributed by atoms with E-state index in [9.17, 15) is 22.0 Å². The molecule has 9 heteroatoms. The lowest BCUT2D eigenvalue weighted by atomic mass is 9.92. The minimum atomic E-state index is -3.61. The summed E-state index contributed by atoms with van der Waals surface area (Å²) in [5.41, 5.74) is -0.779. The van der Waals surface area contributed by atoms with Gasteiger partial charge in [0, 0.05) is 24.2 Å². The van der Waals surface area contributed by atoms with Crippen molar-refractivity contribution in [2.24, 2.45) is 12.5 Å². The molecule has 0 bridgehead atoms. The van der Waals surface area contributed by atoms with Crippen LogP contribution in [0.3, 0.4) is 0 Å². The first-order chi connectivity index (χ1) is 12.5. The van der Waals surface area contributed by atoms with Crippen molar-refractivity contribution in [3.8, 4) is 0 Å². The Morgan fingerprint density at radius 2 is 2.00 bits per heavy atom. The van der Waals surface area contributed by atoms with Crippen LogP contribution < -0.4 is 5.32 Å². The van der Waals surface area contributed by atoms with Crippen molar-refractivity contribution >= 4 is 21.4 Å². The molecule has 1 aromatic carbocycles. The number of ether oxygens (including phenoxy) is 1. The fourth-order valence-corrected chi connectivity index (χ4v) is 4.81. The van der Waals surface area contributed by atoms with Gasteiger partial charge in [0.15, 0.2) is 15.7 Å². The summed E-state index contributed by atoms with van der Waals surface area (Å²) in [4.78, 5) is 12.5. The van der Waals surface area contributed by atoms with Gasteiger partial charge in [0.25, 0.3) is 5.91 Å². The maximum atomic E-state index is 14.1. The lowest BCUT2D eigenvalue weighted by molar-refractivity contribution is -0.0870. The monoisotopic (exact) mass is 398 g/mol. The molecule has 0 spiro atoms. The van der Waals surface area contributed by atoms with Crippen LogP contribution in [0.15, 0.2) is 29.3 Å². The highest BCUT2D eigenvalue weighted by atomic mass is 32.2. The molecule has 0 unspecified atom stereocenters. The predicted octanol–water partition coefficient (Wildman–Crippen LogP) is 2.67. The summed E-state index contributed by atoms with van der Waals surface area (Å²) in [5.74, 6) is -2.37. The van der Waals surface area contributed by atoms with Crippen molar-refractivity contribution in [3.63, 3.8) is 0 Å². The van der Waals surface area contributed by atoms with E-state index in [1.54, 1.807) is 0 Å². The molecule has 146 valence electrons. The van der Waals surface area contributed by atoms with E-state index in [1.807, 2.05) is 6.92 Å². The number of rotatable bonds is 5. The summed E-state index contributed by atoms with van der Waals surface area (Å²) < 4.78 is 59.1. The SMILES string of the molecule is Cc1c(F)ccc(NC(=O)c2cc(S(=O)(=O)CC3(C)COC3)cn2C)c1F. The second-order valence-electron chi connectivity index (χ2n) is 7.22. The van der Waals surface area contributed by atoms with E-state index in [2.05, 4.69) is 5.32 Å². The number of hydrogen-bond donors (Lipinski definition) is 1. The van der Waals surface area contributed by atoms with E-state index in [4.69, 9.17) is 4.74 Å². The normalized spacial score (nSPS) is 16.0. The number of carbonyl (C=O) groups is 1. The molecule has 0 radical (unpaired) electrons. The number of nitrogens with one attached hydrogen (secondary N) is 1. The third-order valence-electron chi connectivity index (χ3n) is 4.58. The number of aryl methyl sites for hydroxylation is 1. The van der Waals surface area contributed by atoms with Gasteiger partial charge in [-0.05, 0) is 25.1 Å². The zero-order valence-electron chi connectivity index (χ0n) is 15.2. The third kappa shape index (κ3) is 3.74. The Bertz CT molecular complexity index is 1010. The van der Waals surface area contributed by atoms with Crippen LogP contribution in [0.4, 0.5) is 14.5 Å². The highest BCUT2D eigenvalue weighted by Gasteiger charge is 2.39. The number of hydrogen-bond acceptors (Lipinski definition) is 4. The second-order valence-corrected chi connectivity index (χ2v) is 9.21. The largest absolute Gasteiger partial charge is 0.380 e. The smallest absolute Gasteiger partial charge is 0.272 e. The lowest BCUT2D eigenvalue weighted by Gasteiger charge is -2.37. The van der Waals surface area contributed by atoms with Crippen LogP contribution in [-0.4, -0.2) is 37.9 Å². The van der Waals surface area contributed by atoms with Crippen molar-refractivity contribution in [1.29, 1.82) is 0 Å². The van der Waals surface area contributed by atoms with Crippen LogP contribution in [0, 0.1) is 24.0 Å². The molecule has 1 saturated heterocycles. The molecule has 2 aromatic rings. The molecule has 2 heterocycles. The Morgan fingerprint density at radius 3 is 2.59 bits per heavy atom. The molecule has 1 fully saturated rings. The topological polar surface area (TPSA) is 77.4 Å². The van der Waals surface area contributed by atoms with Gasteiger partial charge in [-0.25, -0.2) is 17.2 Å². The molecule has 1 amide bonds. The Morgan fingerprint density at radius 1 is 1.33 bits per heavy atom. The zero-order valence-corrected chi connectivity index (χ0v) is 16.0. The highest BCUT2D eigenvalue weighted by molar-refractivity contribution is 7.91. The first kappa shape index (κ1) is 19.5. The quantitative estimate of drug-likeness (QED) is 0.840. The van der Waals surface area contributed by atoms with E-state index in [0.29, 0.717) is 13.2 Å². The van der Waals surface area contributed by atoms with Gasteiger partial charge in [0.1, 0.15) is 11.5 Å². The lowest BCUT2D eigenvalue weighted by Crippen LogP contribution is -2.45. The first-order valence-corrected chi connectivity index (χ1v) is 9.90. The van der Waals surface area contributed by atoms with E-state index >= 15 is 0 Å². The van der Waals surface area contributed by atoms with E-state index in [1.165, 1.54) is 30.8 Å². The van der Waals surface area contributed by atoms with Crippen LogP contribution in [-0.2, 0) is 21.6 Å². The number of halogens is 2. The van der Waals surface area contributed by atoms with Gasteiger partial charge >= 0.3 is 0 Å².